The van der Waals surface area contributed by atoms with Crippen LogP contribution in [0.3, 0.4) is 0 Å². The minimum Gasteiger partial charge on any atom is -0.342 e. The second kappa shape index (κ2) is 7.80. The van der Waals surface area contributed by atoms with Gasteiger partial charge in [0.1, 0.15) is 0 Å². The van der Waals surface area contributed by atoms with Gasteiger partial charge in [0.05, 0.1) is 5.92 Å². The zero-order valence-electron chi connectivity index (χ0n) is 15.6. The van der Waals surface area contributed by atoms with E-state index in [0.29, 0.717) is 13.1 Å². The van der Waals surface area contributed by atoms with Crippen LogP contribution in [0.15, 0.2) is 40.8 Å². The topological polar surface area (TPSA) is 54.7 Å². The monoisotopic (exact) mass is 383 g/mol. The molecule has 4 rings (SSSR count). The molecule has 27 heavy (non-hydrogen) atoms. The lowest BCUT2D eigenvalue weighted by atomic mass is 9.97. The Bertz CT molecular complexity index is 893. The standard InChI is InChI=1S/C21H25N3O2S/c1-15-4-6-16(7-5-15)13-24-11-12-27-21(24)22-19(25)18-3-2-10-23(14-18)20(26)17-8-9-17/h4-7,11-12,17-18H,2-3,8-10,13-14H2,1H3/t18-/m0/s1. The van der Waals surface area contributed by atoms with Gasteiger partial charge in [0.2, 0.25) is 5.91 Å². The van der Waals surface area contributed by atoms with Crippen LogP contribution in [0, 0.1) is 18.8 Å². The third kappa shape index (κ3) is 4.38. The van der Waals surface area contributed by atoms with Gasteiger partial charge in [-0.25, -0.2) is 0 Å². The lowest BCUT2D eigenvalue weighted by molar-refractivity contribution is -0.136. The normalized spacial score (nSPS) is 20.7. The first-order valence-corrected chi connectivity index (χ1v) is 10.5. The molecular formula is C21H25N3O2S. The lowest BCUT2D eigenvalue weighted by Crippen LogP contribution is -2.43. The summed E-state index contributed by atoms with van der Waals surface area (Å²) in [5.41, 5.74) is 2.42. The van der Waals surface area contributed by atoms with E-state index in [1.165, 1.54) is 22.5 Å². The van der Waals surface area contributed by atoms with E-state index in [9.17, 15) is 9.59 Å². The number of nitrogens with zero attached hydrogens (tertiary/aromatic N) is 3. The number of hydrogen-bond donors (Lipinski definition) is 0. The minimum absolute atomic E-state index is 0.0941. The van der Waals surface area contributed by atoms with E-state index in [1.807, 2.05) is 21.0 Å². The number of rotatable bonds is 4. The van der Waals surface area contributed by atoms with Gasteiger partial charge >= 0.3 is 0 Å². The molecule has 5 nitrogen and oxygen atoms in total. The Morgan fingerprint density at radius 3 is 2.67 bits per heavy atom. The Kier molecular flexibility index (Phi) is 5.25. The molecule has 1 atom stereocenters. The molecule has 1 aromatic heterocycles. The van der Waals surface area contributed by atoms with Crippen LogP contribution in [0.4, 0.5) is 0 Å². The van der Waals surface area contributed by atoms with E-state index in [4.69, 9.17) is 0 Å². The molecule has 2 fully saturated rings. The van der Waals surface area contributed by atoms with Crippen molar-refractivity contribution in [2.24, 2.45) is 16.8 Å². The third-order valence-corrected chi connectivity index (χ3v) is 6.14. The number of benzene rings is 1. The van der Waals surface area contributed by atoms with Crippen LogP contribution in [0.1, 0.15) is 36.8 Å². The average Bonchev–Trinajstić information content (AvgIpc) is 3.45. The number of aromatic nitrogens is 1. The van der Waals surface area contributed by atoms with Crippen LogP contribution in [-0.4, -0.2) is 34.4 Å². The molecule has 1 saturated heterocycles. The summed E-state index contributed by atoms with van der Waals surface area (Å²) < 4.78 is 2.02. The van der Waals surface area contributed by atoms with E-state index >= 15 is 0 Å². The second-order valence-electron chi connectivity index (χ2n) is 7.65. The Morgan fingerprint density at radius 2 is 1.93 bits per heavy atom. The molecule has 0 unspecified atom stereocenters. The molecule has 1 aliphatic heterocycles. The number of aryl methyl sites for hydroxylation is 1. The molecule has 1 aliphatic carbocycles. The van der Waals surface area contributed by atoms with Crippen molar-refractivity contribution in [1.29, 1.82) is 0 Å². The molecule has 142 valence electrons. The van der Waals surface area contributed by atoms with Crippen molar-refractivity contribution in [1.82, 2.24) is 9.47 Å². The van der Waals surface area contributed by atoms with E-state index in [1.54, 1.807) is 0 Å². The van der Waals surface area contributed by atoms with Crippen molar-refractivity contribution in [3.63, 3.8) is 0 Å². The molecule has 2 aromatic rings. The van der Waals surface area contributed by atoms with Crippen molar-refractivity contribution in [2.75, 3.05) is 13.1 Å². The number of amides is 2. The maximum absolute atomic E-state index is 12.8. The summed E-state index contributed by atoms with van der Waals surface area (Å²) in [6.07, 6.45) is 5.69. The summed E-state index contributed by atoms with van der Waals surface area (Å²) in [6.45, 7) is 4.09. The van der Waals surface area contributed by atoms with Crippen LogP contribution >= 0.6 is 11.3 Å². The predicted molar refractivity (Wildman–Crippen MR) is 105 cm³/mol. The first kappa shape index (κ1) is 18.2. The van der Waals surface area contributed by atoms with Gasteiger partial charge in [-0.3, -0.25) is 9.59 Å². The number of thiazole rings is 1. The van der Waals surface area contributed by atoms with Crippen LogP contribution in [0.25, 0.3) is 0 Å². The smallest absolute Gasteiger partial charge is 0.253 e. The van der Waals surface area contributed by atoms with E-state index < -0.39 is 0 Å². The van der Waals surface area contributed by atoms with Crippen molar-refractivity contribution in [3.05, 3.63) is 51.8 Å². The van der Waals surface area contributed by atoms with Gasteiger partial charge in [-0.05, 0) is 38.2 Å². The van der Waals surface area contributed by atoms with Crippen LogP contribution in [-0.2, 0) is 16.1 Å². The Morgan fingerprint density at radius 1 is 1.15 bits per heavy atom. The maximum Gasteiger partial charge on any atom is 0.253 e. The molecule has 2 amide bonds. The van der Waals surface area contributed by atoms with Gasteiger partial charge in [0, 0.05) is 37.1 Å². The van der Waals surface area contributed by atoms with Gasteiger partial charge < -0.3 is 9.47 Å². The van der Waals surface area contributed by atoms with Gasteiger partial charge in [-0.15, -0.1) is 11.3 Å². The molecule has 2 aliphatic rings. The molecule has 0 radical (unpaired) electrons. The summed E-state index contributed by atoms with van der Waals surface area (Å²) in [6, 6.07) is 8.40. The van der Waals surface area contributed by atoms with Gasteiger partial charge in [-0.2, -0.15) is 4.99 Å². The quantitative estimate of drug-likeness (QED) is 0.815. The highest BCUT2D eigenvalue weighted by molar-refractivity contribution is 7.07. The molecule has 0 spiro atoms. The zero-order valence-corrected chi connectivity index (χ0v) is 16.5. The fourth-order valence-electron chi connectivity index (χ4n) is 3.55. The average molecular weight is 384 g/mol. The molecule has 0 bridgehead atoms. The van der Waals surface area contributed by atoms with Crippen LogP contribution in [0.2, 0.25) is 0 Å². The lowest BCUT2D eigenvalue weighted by Gasteiger charge is -2.31. The molecule has 1 aromatic carbocycles. The Balaban J connectivity index is 1.46. The second-order valence-corrected chi connectivity index (χ2v) is 8.52. The zero-order chi connectivity index (χ0) is 18.8. The SMILES string of the molecule is Cc1ccc(Cn2ccsc2=NC(=O)[C@H]2CCCN(C(=O)C3CC3)C2)cc1. The van der Waals surface area contributed by atoms with Gasteiger partial charge in [0.15, 0.2) is 4.80 Å². The van der Waals surface area contributed by atoms with E-state index in [-0.39, 0.29) is 23.7 Å². The molecule has 6 heteroatoms. The summed E-state index contributed by atoms with van der Waals surface area (Å²) in [5.74, 6) is 0.183. The van der Waals surface area contributed by atoms with Crippen LogP contribution in [0.5, 0.6) is 0 Å². The maximum atomic E-state index is 12.8. The fraction of sp³-hybridized carbons (Fsp3) is 0.476. The minimum atomic E-state index is -0.170. The Hall–Kier alpha value is -2.21. The highest BCUT2D eigenvalue weighted by Gasteiger charge is 2.36. The van der Waals surface area contributed by atoms with Crippen molar-refractivity contribution >= 4 is 23.2 Å². The number of piperidine rings is 1. The van der Waals surface area contributed by atoms with Crippen molar-refractivity contribution in [3.8, 4) is 0 Å². The predicted octanol–water partition coefficient (Wildman–Crippen LogP) is 2.98. The van der Waals surface area contributed by atoms with Gasteiger partial charge in [0.25, 0.3) is 5.91 Å². The molecule has 2 heterocycles. The Labute approximate surface area is 163 Å². The fourth-order valence-corrected chi connectivity index (χ4v) is 4.28. The van der Waals surface area contributed by atoms with Crippen molar-refractivity contribution < 1.29 is 9.59 Å². The summed E-state index contributed by atoms with van der Waals surface area (Å²) in [4.78, 5) is 32.1. The molecule has 0 N–H and O–H groups in total. The third-order valence-electron chi connectivity index (χ3n) is 5.35. The highest BCUT2D eigenvalue weighted by Crippen LogP contribution is 2.32. The van der Waals surface area contributed by atoms with E-state index in [2.05, 4.69) is 36.2 Å². The molecular weight excluding hydrogens is 358 g/mol. The van der Waals surface area contributed by atoms with Gasteiger partial charge in [-0.1, -0.05) is 29.8 Å². The highest BCUT2D eigenvalue weighted by atomic mass is 32.1. The van der Waals surface area contributed by atoms with Crippen LogP contribution < -0.4 is 4.80 Å². The number of carbonyl (C=O) groups excluding carboxylic acids is 2. The number of carbonyl (C=O) groups is 2. The first-order valence-electron chi connectivity index (χ1n) is 9.67. The summed E-state index contributed by atoms with van der Waals surface area (Å²) >= 11 is 1.48. The largest absolute Gasteiger partial charge is 0.342 e. The summed E-state index contributed by atoms with van der Waals surface area (Å²) in [7, 11) is 0. The van der Waals surface area contributed by atoms with E-state index in [0.717, 1.165) is 37.0 Å². The number of likely N-dealkylation sites (tertiary alicyclic amines) is 1. The number of hydrogen-bond acceptors (Lipinski definition) is 3. The molecule has 1 saturated carbocycles. The first-order chi connectivity index (χ1) is 13.1. The summed E-state index contributed by atoms with van der Waals surface area (Å²) in [5, 5.41) is 1.96. The van der Waals surface area contributed by atoms with Crippen molar-refractivity contribution in [2.45, 2.75) is 39.2 Å².